The van der Waals surface area contributed by atoms with Crippen LogP contribution in [0.1, 0.15) is 18.1 Å². The molecular weight excluding hydrogens is 501 g/mol. The van der Waals surface area contributed by atoms with Gasteiger partial charge >= 0.3 is 0 Å². The number of rotatable bonds is 8. The lowest BCUT2D eigenvalue weighted by Gasteiger charge is -2.17. The van der Waals surface area contributed by atoms with Crippen LogP contribution in [-0.2, 0) is 13.1 Å². The van der Waals surface area contributed by atoms with E-state index in [1.54, 1.807) is 21.3 Å². The van der Waals surface area contributed by atoms with Crippen molar-refractivity contribution in [2.45, 2.75) is 20.0 Å². The molecule has 0 bridgehead atoms. The number of nitrogens with one attached hydrogen (secondary N) is 2. The van der Waals surface area contributed by atoms with Gasteiger partial charge in [0.2, 0.25) is 6.79 Å². The first-order valence-electron chi connectivity index (χ1n) is 9.38. The van der Waals surface area contributed by atoms with E-state index in [4.69, 9.17) is 23.7 Å². The van der Waals surface area contributed by atoms with Crippen LogP contribution in [0.4, 0.5) is 0 Å². The monoisotopic (exact) mass is 529 g/mol. The van der Waals surface area contributed by atoms with Gasteiger partial charge in [-0.3, -0.25) is 0 Å². The molecule has 0 fully saturated rings. The van der Waals surface area contributed by atoms with Gasteiger partial charge in [-0.15, -0.1) is 24.0 Å². The molecule has 30 heavy (non-hydrogen) atoms. The molecule has 2 aromatic carbocycles. The van der Waals surface area contributed by atoms with Crippen molar-refractivity contribution in [3.05, 3.63) is 41.5 Å². The highest BCUT2D eigenvalue weighted by Crippen LogP contribution is 2.34. The molecule has 0 aromatic heterocycles. The van der Waals surface area contributed by atoms with Crippen molar-refractivity contribution in [3.8, 4) is 28.7 Å². The molecule has 1 aliphatic rings. The summed E-state index contributed by atoms with van der Waals surface area (Å²) in [5.74, 6) is 4.24. The minimum absolute atomic E-state index is 0. The van der Waals surface area contributed by atoms with Gasteiger partial charge in [-0.1, -0.05) is 6.07 Å². The van der Waals surface area contributed by atoms with Crippen LogP contribution >= 0.6 is 24.0 Å². The third-order valence-electron chi connectivity index (χ3n) is 4.45. The lowest BCUT2D eigenvalue weighted by molar-refractivity contribution is 0.174. The minimum Gasteiger partial charge on any atom is -0.496 e. The quantitative estimate of drug-likeness (QED) is 0.309. The van der Waals surface area contributed by atoms with Gasteiger partial charge in [-0.05, 0) is 24.6 Å². The molecule has 164 valence electrons. The van der Waals surface area contributed by atoms with Crippen LogP contribution in [0.5, 0.6) is 28.7 Å². The van der Waals surface area contributed by atoms with Gasteiger partial charge in [0.1, 0.15) is 17.2 Å². The van der Waals surface area contributed by atoms with Crippen LogP contribution in [0.25, 0.3) is 0 Å². The highest BCUT2D eigenvalue weighted by atomic mass is 127. The fourth-order valence-electron chi connectivity index (χ4n) is 2.98. The molecule has 9 heteroatoms. The van der Waals surface area contributed by atoms with Crippen molar-refractivity contribution < 1.29 is 23.7 Å². The van der Waals surface area contributed by atoms with Crippen molar-refractivity contribution >= 4 is 29.9 Å². The van der Waals surface area contributed by atoms with Gasteiger partial charge in [0.15, 0.2) is 17.5 Å². The second-order valence-corrected chi connectivity index (χ2v) is 6.25. The van der Waals surface area contributed by atoms with E-state index in [1.807, 2.05) is 37.3 Å². The number of fused-ring (bicyclic) bond motifs is 1. The fraction of sp³-hybridized carbons (Fsp3) is 0.381. The first-order valence-corrected chi connectivity index (χ1v) is 9.38. The third-order valence-corrected chi connectivity index (χ3v) is 4.45. The summed E-state index contributed by atoms with van der Waals surface area (Å²) in [5.41, 5.74) is 1.91. The average molecular weight is 529 g/mol. The Kier molecular flexibility index (Phi) is 9.15. The van der Waals surface area contributed by atoms with E-state index in [0.29, 0.717) is 36.3 Å². The maximum atomic E-state index is 5.51. The molecule has 0 aliphatic carbocycles. The highest BCUT2D eigenvalue weighted by molar-refractivity contribution is 14.0. The summed E-state index contributed by atoms with van der Waals surface area (Å²) in [6.45, 7) is 4.00. The summed E-state index contributed by atoms with van der Waals surface area (Å²) in [6, 6.07) is 9.49. The Labute approximate surface area is 193 Å². The Morgan fingerprint density at radius 1 is 0.967 bits per heavy atom. The molecule has 0 unspecified atom stereocenters. The van der Waals surface area contributed by atoms with E-state index in [1.165, 1.54) is 0 Å². The van der Waals surface area contributed by atoms with E-state index < -0.39 is 0 Å². The molecule has 0 saturated heterocycles. The average Bonchev–Trinajstić information content (AvgIpc) is 3.22. The largest absolute Gasteiger partial charge is 0.496 e. The number of nitrogens with zero attached hydrogens (tertiary/aromatic N) is 1. The van der Waals surface area contributed by atoms with Gasteiger partial charge in [0.05, 0.1) is 40.0 Å². The number of guanidine groups is 1. The molecule has 2 aromatic rings. The molecule has 0 amide bonds. The smallest absolute Gasteiger partial charge is 0.231 e. The van der Waals surface area contributed by atoms with Crippen molar-refractivity contribution in [2.75, 3.05) is 34.7 Å². The normalized spacial score (nSPS) is 12.1. The maximum Gasteiger partial charge on any atom is 0.231 e. The molecule has 1 heterocycles. The molecule has 3 rings (SSSR count). The summed E-state index contributed by atoms with van der Waals surface area (Å²) in [4.78, 5) is 4.66. The van der Waals surface area contributed by atoms with E-state index in [2.05, 4.69) is 15.6 Å². The SMILES string of the molecule is CCNC(=NCc1ccc2c(c1)OCO2)NCc1c(OC)cc(OC)cc1OC.I. The van der Waals surface area contributed by atoms with Crippen LogP contribution in [0.2, 0.25) is 0 Å². The topological polar surface area (TPSA) is 82.6 Å². The first-order chi connectivity index (χ1) is 14.2. The van der Waals surface area contributed by atoms with Crippen molar-refractivity contribution in [1.82, 2.24) is 10.6 Å². The Morgan fingerprint density at radius 3 is 2.30 bits per heavy atom. The van der Waals surface area contributed by atoms with Crippen molar-refractivity contribution in [3.63, 3.8) is 0 Å². The zero-order valence-corrected chi connectivity index (χ0v) is 19.9. The fourth-order valence-corrected chi connectivity index (χ4v) is 2.98. The van der Waals surface area contributed by atoms with Crippen molar-refractivity contribution in [2.24, 2.45) is 4.99 Å². The van der Waals surface area contributed by atoms with Gasteiger partial charge in [-0.2, -0.15) is 0 Å². The number of methoxy groups -OCH3 is 3. The van der Waals surface area contributed by atoms with E-state index >= 15 is 0 Å². The van der Waals surface area contributed by atoms with Crippen LogP contribution in [0, 0.1) is 0 Å². The number of ether oxygens (including phenoxy) is 5. The molecular formula is C21H28IN3O5. The molecule has 8 nitrogen and oxygen atoms in total. The summed E-state index contributed by atoms with van der Waals surface area (Å²) in [5, 5.41) is 6.58. The van der Waals surface area contributed by atoms with Crippen LogP contribution < -0.4 is 34.3 Å². The molecule has 1 aliphatic heterocycles. The lowest BCUT2D eigenvalue weighted by atomic mass is 10.1. The zero-order valence-electron chi connectivity index (χ0n) is 17.6. The van der Waals surface area contributed by atoms with Crippen LogP contribution in [-0.4, -0.2) is 40.6 Å². The Morgan fingerprint density at radius 2 is 1.67 bits per heavy atom. The van der Waals surface area contributed by atoms with E-state index in [-0.39, 0.29) is 30.8 Å². The Balaban J connectivity index is 0.00000320. The molecule has 0 atom stereocenters. The highest BCUT2D eigenvalue weighted by Gasteiger charge is 2.15. The van der Waals surface area contributed by atoms with E-state index in [9.17, 15) is 0 Å². The predicted molar refractivity (Wildman–Crippen MR) is 126 cm³/mol. The minimum atomic E-state index is 0. The summed E-state index contributed by atoms with van der Waals surface area (Å²) < 4.78 is 27.1. The third kappa shape index (κ3) is 5.74. The second-order valence-electron chi connectivity index (χ2n) is 6.25. The molecule has 0 saturated carbocycles. The van der Waals surface area contributed by atoms with Gasteiger partial charge in [0.25, 0.3) is 0 Å². The van der Waals surface area contributed by atoms with Gasteiger partial charge < -0.3 is 34.3 Å². The second kappa shape index (κ2) is 11.6. The molecule has 2 N–H and O–H groups in total. The van der Waals surface area contributed by atoms with Gasteiger partial charge in [0, 0.05) is 18.7 Å². The number of hydrogen-bond acceptors (Lipinski definition) is 6. The predicted octanol–water partition coefficient (Wildman–Crippen LogP) is 3.31. The van der Waals surface area contributed by atoms with E-state index in [0.717, 1.165) is 29.2 Å². The molecule has 0 spiro atoms. The van der Waals surface area contributed by atoms with Gasteiger partial charge in [-0.25, -0.2) is 4.99 Å². The molecule has 0 radical (unpaired) electrons. The Bertz CT molecular complexity index is 851. The number of hydrogen-bond donors (Lipinski definition) is 2. The summed E-state index contributed by atoms with van der Waals surface area (Å²) in [7, 11) is 4.85. The number of benzene rings is 2. The van der Waals surface area contributed by atoms with Crippen LogP contribution in [0.15, 0.2) is 35.3 Å². The summed E-state index contributed by atoms with van der Waals surface area (Å²) in [6.07, 6.45) is 0. The van der Waals surface area contributed by atoms with Crippen LogP contribution in [0.3, 0.4) is 0 Å². The van der Waals surface area contributed by atoms with Crippen molar-refractivity contribution in [1.29, 1.82) is 0 Å². The lowest BCUT2D eigenvalue weighted by Crippen LogP contribution is -2.37. The maximum absolute atomic E-state index is 5.51. The number of halogens is 1. The standard InChI is InChI=1S/C21H27N3O5.HI/c1-5-22-21(23-11-14-6-7-17-20(8-14)29-13-28-17)24-12-16-18(26-3)9-15(25-2)10-19(16)27-4;/h6-10H,5,11-13H2,1-4H3,(H2,22,23,24);1H. The first kappa shape index (κ1) is 23.7. The Hall–Kier alpha value is -2.56. The number of aliphatic imine (C=N–C) groups is 1. The summed E-state index contributed by atoms with van der Waals surface area (Å²) >= 11 is 0. The zero-order chi connectivity index (χ0) is 20.6.